The highest BCUT2D eigenvalue weighted by atomic mass is 19.1. The van der Waals surface area contributed by atoms with Crippen molar-refractivity contribution in [3.8, 4) is 5.75 Å². The third-order valence-electron chi connectivity index (χ3n) is 3.01. The van der Waals surface area contributed by atoms with E-state index in [0.717, 1.165) is 17.7 Å². The van der Waals surface area contributed by atoms with Gasteiger partial charge >= 0.3 is 5.97 Å². The summed E-state index contributed by atoms with van der Waals surface area (Å²) in [5.74, 6) is -2.14. The summed E-state index contributed by atoms with van der Waals surface area (Å²) in [6, 6.07) is 4.01. The zero-order valence-electron chi connectivity index (χ0n) is 10.9. The van der Waals surface area contributed by atoms with Crippen molar-refractivity contribution in [1.82, 2.24) is 5.32 Å². The number of fused-ring (bicyclic) bond motifs is 1. The Hall–Kier alpha value is -2.37. The number of amides is 1. The molecule has 1 atom stereocenters. The molecular weight excluding hydrogens is 265 g/mol. The number of benzene rings is 1. The first kappa shape index (κ1) is 14.0. The van der Waals surface area contributed by atoms with Crippen LogP contribution in [0.15, 0.2) is 30.6 Å². The molecule has 1 unspecified atom stereocenters. The van der Waals surface area contributed by atoms with Crippen LogP contribution in [0.3, 0.4) is 0 Å². The number of carbonyl (C=O) groups is 2. The zero-order valence-corrected chi connectivity index (χ0v) is 10.9. The van der Waals surface area contributed by atoms with E-state index in [0.29, 0.717) is 12.2 Å². The molecule has 0 saturated carbocycles. The molecule has 1 aromatic rings. The van der Waals surface area contributed by atoms with Crippen molar-refractivity contribution < 1.29 is 23.5 Å². The van der Waals surface area contributed by atoms with Gasteiger partial charge in [-0.25, -0.2) is 9.18 Å². The van der Waals surface area contributed by atoms with Crippen LogP contribution in [-0.4, -0.2) is 25.6 Å². The van der Waals surface area contributed by atoms with Gasteiger partial charge in [0, 0.05) is 6.42 Å². The van der Waals surface area contributed by atoms with Crippen molar-refractivity contribution in [2.45, 2.75) is 12.5 Å². The molecule has 6 heteroatoms. The predicted octanol–water partition coefficient (Wildman–Crippen LogP) is 1.44. The van der Waals surface area contributed by atoms with Crippen LogP contribution in [-0.2, 0) is 20.7 Å². The van der Waals surface area contributed by atoms with Crippen molar-refractivity contribution in [3.63, 3.8) is 0 Å². The van der Waals surface area contributed by atoms with Gasteiger partial charge in [0.25, 0.3) is 5.91 Å². The van der Waals surface area contributed by atoms with Gasteiger partial charge in [0.15, 0.2) is 11.9 Å². The Labute approximate surface area is 115 Å². The van der Waals surface area contributed by atoms with Gasteiger partial charge in [0.2, 0.25) is 0 Å². The Morgan fingerprint density at radius 3 is 2.90 bits per heavy atom. The third-order valence-corrected chi connectivity index (χ3v) is 3.01. The molecule has 0 radical (unpaired) electrons. The van der Waals surface area contributed by atoms with E-state index in [4.69, 9.17) is 4.74 Å². The molecule has 0 saturated heterocycles. The highest BCUT2D eigenvalue weighted by molar-refractivity contribution is 5.94. The number of rotatable bonds is 4. The largest absolute Gasteiger partial charge is 0.493 e. The van der Waals surface area contributed by atoms with Gasteiger partial charge in [0.05, 0.1) is 13.7 Å². The Kier molecular flexibility index (Phi) is 4.02. The lowest BCUT2D eigenvalue weighted by Crippen LogP contribution is -2.34. The normalized spacial score (nSPS) is 13.9. The van der Waals surface area contributed by atoms with Crippen molar-refractivity contribution in [3.05, 3.63) is 41.7 Å². The molecule has 1 aliphatic rings. The van der Waals surface area contributed by atoms with Crippen molar-refractivity contribution >= 4 is 11.9 Å². The summed E-state index contributed by atoms with van der Waals surface area (Å²) in [7, 11) is 1.20. The minimum Gasteiger partial charge on any atom is -0.493 e. The number of halogens is 1. The van der Waals surface area contributed by atoms with Gasteiger partial charge in [-0.3, -0.25) is 4.79 Å². The average Bonchev–Trinajstić information content (AvgIpc) is 2.90. The van der Waals surface area contributed by atoms with E-state index >= 15 is 0 Å². The zero-order chi connectivity index (χ0) is 14.7. The predicted molar refractivity (Wildman–Crippen MR) is 68.8 cm³/mol. The summed E-state index contributed by atoms with van der Waals surface area (Å²) in [5, 5.41) is 2.25. The number of carbonyl (C=O) groups excluding carboxylic acids is 2. The fourth-order valence-corrected chi connectivity index (χ4v) is 1.99. The first-order chi connectivity index (χ1) is 9.52. The average molecular weight is 279 g/mol. The third kappa shape index (κ3) is 2.79. The standard InChI is InChI=1S/C14H14FNO4/c1-8(15)13(17)16-12(14(18)19-2)10-3-4-11-9(7-10)5-6-20-11/h3-4,7,12H,1,5-6H2,2H3,(H,16,17). The van der Waals surface area contributed by atoms with Crippen molar-refractivity contribution in [1.29, 1.82) is 0 Å². The van der Waals surface area contributed by atoms with E-state index in [9.17, 15) is 14.0 Å². The van der Waals surface area contributed by atoms with Gasteiger partial charge in [-0.1, -0.05) is 12.6 Å². The van der Waals surface area contributed by atoms with Gasteiger partial charge in [-0.2, -0.15) is 0 Å². The number of esters is 1. The maximum Gasteiger partial charge on any atom is 0.333 e. The van der Waals surface area contributed by atoms with E-state index < -0.39 is 23.7 Å². The molecule has 5 nitrogen and oxygen atoms in total. The molecule has 1 aliphatic heterocycles. The fourth-order valence-electron chi connectivity index (χ4n) is 1.99. The van der Waals surface area contributed by atoms with E-state index in [-0.39, 0.29) is 0 Å². The SMILES string of the molecule is C=C(F)C(=O)NC(C(=O)OC)c1ccc2c(c1)CCO2. The summed E-state index contributed by atoms with van der Waals surface area (Å²) >= 11 is 0. The molecule has 1 amide bonds. The maximum atomic E-state index is 12.8. The molecule has 0 aromatic heterocycles. The second kappa shape index (κ2) is 5.73. The highest BCUT2D eigenvalue weighted by Crippen LogP contribution is 2.28. The fraction of sp³-hybridized carbons (Fsp3) is 0.286. The number of hydrogen-bond acceptors (Lipinski definition) is 4. The molecule has 0 fully saturated rings. The first-order valence-corrected chi connectivity index (χ1v) is 6.01. The lowest BCUT2D eigenvalue weighted by molar-refractivity contribution is -0.145. The molecule has 1 heterocycles. The van der Waals surface area contributed by atoms with Crippen molar-refractivity contribution in [2.75, 3.05) is 13.7 Å². The molecule has 2 rings (SSSR count). The van der Waals surface area contributed by atoms with Crippen LogP contribution >= 0.6 is 0 Å². The van der Waals surface area contributed by atoms with Crippen LogP contribution in [0.25, 0.3) is 0 Å². The lowest BCUT2D eigenvalue weighted by Gasteiger charge is -2.17. The summed E-state index contributed by atoms with van der Waals surface area (Å²) in [6.45, 7) is 3.47. The van der Waals surface area contributed by atoms with Crippen LogP contribution in [0, 0.1) is 0 Å². The van der Waals surface area contributed by atoms with Gasteiger partial charge in [0.1, 0.15) is 5.75 Å². The Morgan fingerprint density at radius 1 is 1.50 bits per heavy atom. The van der Waals surface area contributed by atoms with Crippen molar-refractivity contribution in [2.24, 2.45) is 0 Å². The quantitative estimate of drug-likeness (QED) is 0.669. The van der Waals surface area contributed by atoms with Gasteiger partial charge in [-0.05, 0) is 23.3 Å². The highest BCUT2D eigenvalue weighted by Gasteiger charge is 2.26. The van der Waals surface area contributed by atoms with E-state index in [1.807, 2.05) is 0 Å². The second-order valence-corrected chi connectivity index (χ2v) is 4.30. The van der Waals surface area contributed by atoms with Gasteiger partial charge < -0.3 is 14.8 Å². The molecular formula is C14H14FNO4. The van der Waals surface area contributed by atoms with E-state index in [1.165, 1.54) is 7.11 Å². The first-order valence-electron chi connectivity index (χ1n) is 6.01. The van der Waals surface area contributed by atoms with E-state index in [1.54, 1.807) is 18.2 Å². The molecule has 1 N–H and O–H groups in total. The Bertz CT molecular complexity index is 570. The Morgan fingerprint density at radius 2 is 2.25 bits per heavy atom. The molecule has 0 spiro atoms. The lowest BCUT2D eigenvalue weighted by atomic mass is 10.0. The van der Waals surface area contributed by atoms with Crippen LogP contribution in [0.4, 0.5) is 4.39 Å². The molecule has 1 aromatic carbocycles. The number of nitrogens with one attached hydrogen (secondary N) is 1. The minimum absolute atomic E-state index is 0.510. The molecule has 20 heavy (non-hydrogen) atoms. The van der Waals surface area contributed by atoms with Crippen LogP contribution < -0.4 is 10.1 Å². The molecule has 0 bridgehead atoms. The smallest absolute Gasteiger partial charge is 0.333 e. The van der Waals surface area contributed by atoms with Crippen LogP contribution in [0.1, 0.15) is 17.2 Å². The van der Waals surface area contributed by atoms with Crippen LogP contribution in [0.5, 0.6) is 5.75 Å². The number of hydrogen-bond donors (Lipinski definition) is 1. The maximum absolute atomic E-state index is 12.8. The van der Waals surface area contributed by atoms with Crippen LogP contribution in [0.2, 0.25) is 0 Å². The second-order valence-electron chi connectivity index (χ2n) is 4.30. The molecule has 106 valence electrons. The summed E-state index contributed by atoms with van der Waals surface area (Å²) in [5.41, 5.74) is 1.44. The summed E-state index contributed by atoms with van der Waals surface area (Å²) in [4.78, 5) is 23.1. The van der Waals surface area contributed by atoms with E-state index in [2.05, 4.69) is 16.6 Å². The Balaban J connectivity index is 2.29. The number of ether oxygens (including phenoxy) is 2. The number of methoxy groups -OCH3 is 1. The summed E-state index contributed by atoms with van der Waals surface area (Å²) in [6.07, 6.45) is 0.723. The van der Waals surface area contributed by atoms with Gasteiger partial charge in [-0.15, -0.1) is 0 Å². The topological polar surface area (TPSA) is 64.6 Å². The molecule has 0 aliphatic carbocycles. The minimum atomic E-state index is -1.16. The monoisotopic (exact) mass is 279 g/mol. The summed E-state index contributed by atoms with van der Waals surface area (Å²) < 4.78 is 22.8.